The summed E-state index contributed by atoms with van der Waals surface area (Å²) in [5, 5.41) is 0. The van der Waals surface area contributed by atoms with Crippen molar-refractivity contribution in [1.29, 1.82) is 0 Å². The molecule has 27 heavy (non-hydrogen) atoms. The van der Waals surface area contributed by atoms with Crippen LogP contribution in [-0.2, 0) is 23.8 Å². The molecule has 5 nitrogen and oxygen atoms in total. The maximum Gasteiger partial charge on any atom is 0.341 e. The Morgan fingerprint density at radius 2 is 1.48 bits per heavy atom. The maximum atomic E-state index is 12.2. The topological polar surface area (TPSA) is 61.8 Å². The molecule has 1 saturated heterocycles. The third kappa shape index (κ3) is 3.31. The molecule has 2 aliphatic rings. The average molecular weight is 364 g/mol. The van der Waals surface area contributed by atoms with Crippen molar-refractivity contribution in [2.75, 3.05) is 7.11 Å². The highest BCUT2D eigenvalue weighted by molar-refractivity contribution is 6.17. The summed E-state index contributed by atoms with van der Waals surface area (Å²) in [5.41, 5.74) is 1.95. The van der Waals surface area contributed by atoms with E-state index < -0.39 is 11.8 Å². The highest BCUT2D eigenvalue weighted by Crippen LogP contribution is 2.50. The fraction of sp³-hybridized carbons (Fsp3) is 0.273. The monoisotopic (exact) mass is 364 g/mol. The van der Waals surface area contributed by atoms with Crippen LogP contribution in [0.1, 0.15) is 36.2 Å². The van der Waals surface area contributed by atoms with E-state index in [2.05, 4.69) is 0 Å². The van der Waals surface area contributed by atoms with Gasteiger partial charge in [0.1, 0.15) is 17.8 Å². The molecule has 2 aromatic rings. The smallest absolute Gasteiger partial charge is 0.341 e. The Kier molecular flexibility index (Phi) is 4.64. The molecule has 1 fully saturated rings. The lowest BCUT2D eigenvalue weighted by atomic mass is 9.93. The van der Waals surface area contributed by atoms with Gasteiger partial charge in [-0.05, 0) is 17.2 Å². The van der Waals surface area contributed by atoms with Crippen LogP contribution in [0.3, 0.4) is 0 Å². The molecule has 2 atom stereocenters. The number of hydrogen-bond donors (Lipinski definition) is 0. The second-order valence-electron chi connectivity index (χ2n) is 6.68. The first kappa shape index (κ1) is 17.6. The Morgan fingerprint density at radius 3 is 1.96 bits per heavy atom. The van der Waals surface area contributed by atoms with Crippen LogP contribution in [0.4, 0.5) is 0 Å². The average Bonchev–Trinajstić information content (AvgIpc) is 3.10. The maximum absolute atomic E-state index is 12.2. The predicted molar refractivity (Wildman–Crippen MR) is 97.6 cm³/mol. The van der Waals surface area contributed by atoms with E-state index >= 15 is 0 Å². The molecule has 0 bridgehead atoms. The van der Waals surface area contributed by atoms with Crippen LogP contribution < -0.4 is 0 Å². The van der Waals surface area contributed by atoms with E-state index in [-0.39, 0.29) is 30.0 Å². The van der Waals surface area contributed by atoms with Gasteiger partial charge in [0.15, 0.2) is 11.6 Å². The van der Waals surface area contributed by atoms with Gasteiger partial charge in [0.25, 0.3) is 0 Å². The van der Waals surface area contributed by atoms with Crippen LogP contribution in [0, 0.1) is 0 Å². The number of methoxy groups -OCH3 is 1. The van der Waals surface area contributed by atoms with Crippen LogP contribution in [0.2, 0.25) is 0 Å². The molecule has 0 radical (unpaired) electrons. The van der Waals surface area contributed by atoms with Crippen LogP contribution in [0.15, 0.2) is 72.3 Å². The first-order valence-corrected chi connectivity index (χ1v) is 8.92. The molecule has 2 aromatic carbocycles. The molecule has 1 aliphatic carbocycles. The van der Waals surface area contributed by atoms with Gasteiger partial charge in [-0.2, -0.15) is 0 Å². The van der Waals surface area contributed by atoms with E-state index in [0.717, 1.165) is 11.1 Å². The second kappa shape index (κ2) is 7.10. The lowest BCUT2D eigenvalue weighted by Gasteiger charge is -2.28. The Balaban J connectivity index is 1.75. The zero-order valence-corrected chi connectivity index (χ0v) is 15.0. The van der Waals surface area contributed by atoms with Crippen molar-refractivity contribution in [2.45, 2.75) is 30.8 Å². The Bertz CT molecular complexity index is 825. The molecule has 0 saturated carbocycles. The molecule has 0 aromatic heterocycles. The van der Waals surface area contributed by atoms with Gasteiger partial charge in [-0.25, -0.2) is 4.79 Å². The zero-order valence-electron chi connectivity index (χ0n) is 15.0. The molecule has 1 heterocycles. The molecule has 5 heteroatoms. The van der Waals surface area contributed by atoms with Crippen molar-refractivity contribution < 1.29 is 23.8 Å². The minimum absolute atomic E-state index is 0.00993. The van der Waals surface area contributed by atoms with Gasteiger partial charge in [0, 0.05) is 12.8 Å². The number of carbonyl (C=O) groups excluding carboxylic acids is 2. The van der Waals surface area contributed by atoms with Gasteiger partial charge in [0.2, 0.25) is 0 Å². The van der Waals surface area contributed by atoms with Gasteiger partial charge in [-0.3, -0.25) is 4.79 Å². The fourth-order valence-corrected chi connectivity index (χ4v) is 3.62. The Hall–Kier alpha value is -2.76. The minimum atomic E-state index is -1.13. The van der Waals surface area contributed by atoms with Gasteiger partial charge in [0.05, 0.1) is 7.11 Å². The summed E-state index contributed by atoms with van der Waals surface area (Å²) in [6.45, 7) is 0. The third-order valence-corrected chi connectivity index (χ3v) is 4.95. The number of Topliss-reactive ketones (excluding diaryl/α,β-unsaturated/α-hetero) is 1. The van der Waals surface area contributed by atoms with Crippen molar-refractivity contribution in [3.8, 4) is 0 Å². The lowest BCUT2D eigenvalue weighted by molar-refractivity contribution is -0.156. The highest BCUT2D eigenvalue weighted by Gasteiger charge is 2.50. The Morgan fingerprint density at radius 1 is 0.963 bits per heavy atom. The number of carbonyl (C=O) groups is 2. The summed E-state index contributed by atoms with van der Waals surface area (Å²) in [7, 11) is 1.26. The van der Waals surface area contributed by atoms with E-state index in [9.17, 15) is 9.59 Å². The van der Waals surface area contributed by atoms with Crippen molar-refractivity contribution in [3.63, 3.8) is 0 Å². The van der Waals surface area contributed by atoms with E-state index in [1.807, 2.05) is 60.7 Å². The number of esters is 1. The number of benzene rings is 2. The van der Waals surface area contributed by atoms with Crippen molar-refractivity contribution in [2.24, 2.45) is 0 Å². The molecular formula is C22H20O5. The van der Waals surface area contributed by atoms with E-state index in [0.29, 0.717) is 6.42 Å². The van der Waals surface area contributed by atoms with Crippen LogP contribution >= 0.6 is 0 Å². The van der Waals surface area contributed by atoms with Gasteiger partial charge < -0.3 is 14.2 Å². The summed E-state index contributed by atoms with van der Waals surface area (Å²) >= 11 is 0. The van der Waals surface area contributed by atoms with Crippen LogP contribution in [0.5, 0.6) is 0 Å². The fourth-order valence-electron chi connectivity index (χ4n) is 3.62. The molecule has 1 spiro atoms. The zero-order chi connectivity index (χ0) is 18.9. The van der Waals surface area contributed by atoms with Crippen LogP contribution in [0.25, 0.3) is 0 Å². The first-order chi connectivity index (χ1) is 13.1. The quantitative estimate of drug-likeness (QED) is 0.614. The summed E-state index contributed by atoms with van der Waals surface area (Å²) in [6.07, 6.45) is 1.32. The van der Waals surface area contributed by atoms with Gasteiger partial charge in [-0.15, -0.1) is 0 Å². The number of ether oxygens (including phenoxy) is 3. The molecule has 1 aliphatic heterocycles. The molecule has 0 amide bonds. The normalized spacial score (nSPS) is 23.9. The second-order valence-corrected chi connectivity index (χ2v) is 6.68. The third-order valence-electron chi connectivity index (χ3n) is 4.95. The highest BCUT2D eigenvalue weighted by atomic mass is 16.8. The first-order valence-electron chi connectivity index (χ1n) is 8.92. The summed E-state index contributed by atoms with van der Waals surface area (Å²) in [6, 6.07) is 19.6. The number of ketones is 1. The molecule has 4 rings (SSSR count). The standard InChI is InChI=1S/C22H20O5/c1-25-21(24)17-14-22(13-12-18(17)23)26-19(15-8-4-2-5-9-15)20(27-22)16-10-6-3-7-11-16/h2-11,14,19-20H,12-13H2,1H3/t19-,20-/m0/s1. The molecule has 138 valence electrons. The van der Waals surface area contributed by atoms with E-state index in [4.69, 9.17) is 14.2 Å². The van der Waals surface area contributed by atoms with Crippen molar-refractivity contribution in [1.82, 2.24) is 0 Å². The van der Waals surface area contributed by atoms with E-state index in [1.165, 1.54) is 13.2 Å². The molecule has 0 unspecified atom stereocenters. The van der Waals surface area contributed by atoms with Gasteiger partial charge in [-0.1, -0.05) is 60.7 Å². The predicted octanol–water partition coefficient (Wildman–Crippen LogP) is 3.67. The summed E-state index contributed by atoms with van der Waals surface area (Å²) in [5.74, 6) is -2.04. The van der Waals surface area contributed by atoms with Crippen molar-refractivity contribution >= 4 is 11.8 Å². The van der Waals surface area contributed by atoms with E-state index in [1.54, 1.807) is 0 Å². The van der Waals surface area contributed by atoms with Crippen LogP contribution in [-0.4, -0.2) is 24.6 Å². The summed E-state index contributed by atoms with van der Waals surface area (Å²) in [4.78, 5) is 24.2. The number of hydrogen-bond acceptors (Lipinski definition) is 5. The molecular weight excluding hydrogens is 344 g/mol. The summed E-state index contributed by atoms with van der Waals surface area (Å²) < 4.78 is 17.5. The Labute approximate surface area is 157 Å². The minimum Gasteiger partial charge on any atom is -0.465 e. The lowest BCUT2D eigenvalue weighted by Crippen LogP contribution is -2.35. The largest absolute Gasteiger partial charge is 0.465 e. The molecule has 0 N–H and O–H groups in total. The van der Waals surface area contributed by atoms with Gasteiger partial charge >= 0.3 is 5.97 Å². The SMILES string of the molecule is COC(=O)C1=CC2(CCC1=O)O[C@@H](c1ccccc1)[C@H](c1ccccc1)O2. The van der Waals surface area contributed by atoms with Crippen molar-refractivity contribution in [3.05, 3.63) is 83.4 Å². The number of rotatable bonds is 3.